The Balaban J connectivity index is 2.03. The van der Waals surface area contributed by atoms with Gasteiger partial charge < -0.3 is 15.3 Å². The van der Waals surface area contributed by atoms with Gasteiger partial charge in [0.25, 0.3) is 0 Å². The topological polar surface area (TPSA) is 52.6 Å². The molecule has 0 aliphatic heterocycles. The van der Waals surface area contributed by atoms with Gasteiger partial charge in [-0.25, -0.2) is 4.79 Å². The van der Waals surface area contributed by atoms with Crippen molar-refractivity contribution in [1.29, 1.82) is 0 Å². The van der Waals surface area contributed by atoms with Crippen LogP contribution in [0.2, 0.25) is 0 Å². The molecule has 0 unspecified atom stereocenters. The first-order chi connectivity index (χ1) is 9.24. The molecule has 2 N–H and O–H groups in total. The molecule has 1 aromatic rings. The first-order valence-electron chi connectivity index (χ1n) is 6.64. The van der Waals surface area contributed by atoms with Crippen LogP contribution in [0.1, 0.15) is 17.5 Å². The van der Waals surface area contributed by atoms with E-state index in [4.69, 9.17) is 5.11 Å². The van der Waals surface area contributed by atoms with Crippen LogP contribution in [0.5, 0.6) is 0 Å². The number of benzene rings is 1. The van der Waals surface area contributed by atoms with Gasteiger partial charge in [-0.2, -0.15) is 0 Å². The molecule has 4 heteroatoms. The number of hydrogen-bond donors (Lipinski definition) is 2. The number of fused-ring (bicyclic) bond motifs is 1. The summed E-state index contributed by atoms with van der Waals surface area (Å²) >= 11 is 0. The quantitative estimate of drug-likeness (QED) is 0.797. The fourth-order valence-corrected chi connectivity index (χ4v) is 2.40. The molecule has 2 rings (SSSR count). The van der Waals surface area contributed by atoms with Crippen LogP contribution >= 0.6 is 0 Å². The van der Waals surface area contributed by atoms with Gasteiger partial charge in [-0.3, -0.25) is 0 Å². The molecule has 0 heterocycles. The minimum Gasteiger partial charge on any atom is -0.395 e. The number of carbonyl (C=O) groups is 1. The highest BCUT2D eigenvalue weighted by Crippen LogP contribution is 2.24. The average molecular weight is 260 g/mol. The van der Waals surface area contributed by atoms with Crippen LogP contribution < -0.4 is 5.32 Å². The third-order valence-electron chi connectivity index (χ3n) is 3.36. The van der Waals surface area contributed by atoms with Crippen molar-refractivity contribution in [3.63, 3.8) is 0 Å². The lowest BCUT2D eigenvalue weighted by Gasteiger charge is -2.20. The van der Waals surface area contributed by atoms with E-state index in [0.717, 1.165) is 18.5 Å². The Morgan fingerprint density at radius 3 is 2.95 bits per heavy atom. The van der Waals surface area contributed by atoms with Crippen molar-refractivity contribution in [3.8, 4) is 0 Å². The van der Waals surface area contributed by atoms with Crippen molar-refractivity contribution in [2.75, 3.05) is 25.0 Å². The molecule has 0 saturated heterocycles. The van der Waals surface area contributed by atoms with Crippen LogP contribution in [-0.4, -0.2) is 35.7 Å². The van der Waals surface area contributed by atoms with Gasteiger partial charge in [0.2, 0.25) is 0 Å². The second-order valence-electron chi connectivity index (χ2n) is 4.73. The molecule has 1 aliphatic carbocycles. The summed E-state index contributed by atoms with van der Waals surface area (Å²) in [5.74, 6) is 0. The summed E-state index contributed by atoms with van der Waals surface area (Å²) in [6.45, 7) is 4.30. The monoisotopic (exact) mass is 260 g/mol. The van der Waals surface area contributed by atoms with Crippen LogP contribution in [0.25, 0.3) is 0 Å². The van der Waals surface area contributed by atoms with E-state index in [1.807, 2.05) is 12.1 Å². The predicted molar refractivity (Wildman–Crippen MR) is 76.3 cm³/mol. The Morgan fingerprint density at radius 2 is 2.21 bits per heavy atom. The normalized spacial score (nSPS) is 12.9. The number of aliphatic hydroxyl groups is 1. The first-order valence-corrected chi connectivity index (χ1v) is 6.64. The summed E-state index contributed by atoms with van der Waals surface area (Å²) in [5.41, 5.74) is 3.53. The molecule has 0 saturated carbocycles. The molecule has 1 aliphatic rings. The Morgan fingerprint density at radius 1 is 1.42 bits per heavy atom. The summed E-state index contributed by atoms with van der Waals surface area (Å²) in [5, 5.41) is 11.8. The lowest BCUT2D eigenvalue weighted by atomic mass is 10.1. The van der Waals surface area contributed by atoms with E-state index in [-0.39, 0.29) is 12.6 Å². The number of aliphatic hydroxyl groups excluding tert-OH is 1. The number of amides is 2. The second-order valence-corrected chi connectivity index (χ2v) is 4.73. The number of hydrogen-bond acceptors (Lipinski definition) is 2. The predicted octanol–water partition coefficient (Wildman–Crippen LogP) is 2.19. The highest BCUT2D eigenvalue weighted by atomic mass is 16.3. The molecular weight excluding hydrogens is 240 g/mol. The van der Waals surface area contributed by atoms with Crippen molar-refractivity contribution >= 4 is 11.7 Å². The fraction of sp³-hybridized carbons (Fsp3) is 0.400. The maximum atomic E-state index is 12.0. The summed E-state index contributed by atoms with van der Waals surface area (Å²) < 4.78 is 0. The van der Waals surface area contributed by atoms with E-state index in [0.29, 0.717) is 13.1 Å². The summed E-state index contributed by atoms with van der Waals surface area (Å²) in [4.78, 5) is 13.6. The van der Waals surface area contributed by atoms with Crippen LogP contribution in [-0.2, 0) is 12.8 Å². The largest absolute Gasteiger partial charge is 0.395 e. The molecule has 2 amide bonds. The fourth-order valence-electron chi connectivity index (χ4n) is 2.40. The zero-order valence-electron chi connectivity index (χ0n) is 11.1. The minimum atomic E-state index is -0.202. The van der Waals surface area contributed by atoms with Gasteiger partial charge >= 0.3 is 6.03 Å². The molecule has 0 fully saturated rings. The zero-order chi connectivity index (χ0) is 13.7. The molecule has 0 atom stereocenters. The van der Waals surface area contributed by atoms with E-state index in [9.17, 15) is 4.79 Å². The van der Waals surface area contributed by atoms with E-state index in [2.05, 4.69) is 18.0 Å². The van der Waals surface area contributed by atoms with Crippen LogP contribution in [0.4, 0.5) is 10.5 Å². The molecule has 1 aromatic carbocycles. The Bertz CT molecular complexity index is 471. The van der Waals surface area contributed by atoms with Gasteiger partial charge in [-0.15, -0.1) is 6.58 Å². The molecule has 4 nitrogen and oxygen atoms in total. The van der Waals surface area contributed by atoms with Crippen molar-refractivity contribution in [3.05, 3.63) is 42.0 Å². The number of rotatable bonds is 5. The van der Waals surface area contributed by atoms with Gasteiger partial charge in [0, 0.05) is 18.8 Å². The van der Waals surface area contributed by atoms with Gasteiger partial charge in [-0.05, 0) is 42.5 Å². The molecular formula is C15H20N2O2. The minimum absolute atomic E-state index is 0.0502. The number of urea groups is 1. The first kappa shape index (κ1) is 13.6. The van der Waals surface area contributed by atoms with Crippen LogP contribution in [0.15, 0.2) is 30.9 Å². The van der Waals surface area contributed by atoms with Crippen molar-refractivity contribution in [1.82, 2.24) is 4.90 Å². The van der Waals surface area contributed by atoms with Gasteiger partial charge in [0.05, 0.1) is 6.61 Å². The molecule has 0 radical (unpaired) electrons. The van der Waals surface area contributed by atoms with Gasteiger partial charge in [-0.1, -0.05) is 12.1 Å². The Kier molecular flexibility index (Phi) is 4.58. The zero-order valence-corrected chi connectivity index (χ0v) is 11.1. The van der Waals surface area contributed by atoms with Crippen LogP contribution in [0.3, 0.4) is 0 Å². The summed E-state index contributed by atoms with van der Waals surface area (Å²) in [6, 6.07) is 5.87. The number of nitrogens with one attached hydrogen (secondary N) is 1. The lowest BCUT2D eigenvalue weighted by Crippen LogP contribution is -2.37. The molecule has 0 bridgehead atoms. The maximum Gasteiger partial charge on any atom is 0.322 e. The van der Waals surface area contributed by atoms with E-state index >= 15 is 0 Å². The summed E-state index contributed by atoms with van der Waals surface area (Å²) in [6.07, 6.45) is 5.07. The third-order valence-corrected chi connectivity index (χ3v) is 3.36. The Hall–Kier alpha value is -1.81. The third kappa shape index (κ3) is 3.35. The molecule has 0 aromatic heterocycles. The van der Waals surface area contributed by atoms with Gasteiger partial charge in [0.1, 0.15) is 0 Å². The highest BCUT2D eigenvalue weighted by Gasteiger charge is 2.14. The number of carbonyl (C=O) groups excluding carboxylic acids is 1. The maximum absolute atomic E-state index is 12.0. The molecule has 19 heavy (non-hydrogen) atoms. The summed E-state index contributed by atoms with van der Waals surface area (Å²) in [7, 11) is 0. The lowest BCUT2D eigenvalue weighted by molar-refractivity contribution is 0.195. The van der Waals surface area contributed by atoms with Crippen molar-refractivity contribution in [2.45, 2.75) is 19.3 Å². The van der Waals surface area contributed by atoms with E-state index in [1.165, 1.54) is 22.4 Å². The Labute approximate surface area is 113 Å². The second kappa shape index (κ2) is 6.38. The SMILES string of the molecule is C=CCN(CCO)C(=O)Nc1ccc2c(c1)CCC2. The number of nitrogens with zero attached hydrogens (tertiary/aromatic N) is 1. The highest BCUT2D eigenvalue weighted by molar-refractivity contribution is 5.89. The van der Waals surface area contributed by atoms with E-state index < -0.39 is 0 Å². The smallest absolute Gasteiger partial charge is 0.322 e. The molecule has 102 valence electrons. The average Bonchev–Trinajstić information content (AvgIpc) is 2.86. The standard InChI is InChI=1S/C15H20N2O2/c1-2-8-17(9-10-18)15(19)16-14-7-6-12-4-3-5-13(12)11-14/h2,6-7,11,18H,1,3-5,8-10H2,(H,16,19). The molecule has 0 spiro atoms. The van der Waals surface area contributed by atoms with E-state index in [1.54, 1.807) is 6.08 Å². The number of anilines is 1. The van der Waals surface area contributed by atoms with Crippen LogP contribution in [0, 0.1) is 0 Å². The number of aryl methyl sites for hydroxylation is 2. The van der Waals surface area contributed by atoms with Crippen molar-refractivity contribution < 1.29 is 9.90 Å². The van der Waals surface area contributed by atoms with Gasteiger partial charge in [0.15, 0.2) is 0 Å². The van der Waals surface area contributed by atoms with Crippen molar-refractivity contribution in [2.24, 2.45) is 0 Å².